The number of carbonyl (C=O) groups excluding carboxylic acids is 1. The SMILES string of the molecule is COC(=O)c1cc(C)c(C(C)(F)F)nc1N. The van der Waals surface area contributed by atoms with Crippen molar-refractivity contribution in [2.24, 2.45) is 0 Å². The third kappa shape index (κ3) is 2.26. The first-order valence-electron chi connectivity index (χ1n) is 4.51. The predicted molar refractivity (Wildman–Crippen MR) is 54.3 cm³/mol. The summed E-state index contributed by atoms with van der Waals surface area (Å²) in [7, 11) is 1.18. The fraction of sp³-hybridized carbons (Fsp3) is 0.400. The number of nitrogen functional groups attached to an aromatic ring is 1. The molecule has 16 heavy (non-hydrogen) atoms. The van der Waals surface area contributed by atoms with Crippen LogP contribution in [-0.2, 0) is 10.7 Å². The molecule has 4 nitrogen and oxygen atoms in total. The molecule has 1 rings (SSSR count). The average Bonchev–Trinajstić information content (AvgIpc) is 2.18. The van der Waals surface area contributed by atoms with Crippen LogP contribution in [0.4, 0.5) is 14.6 Å². The number of nitrogens with two attached hydrogens (primary N) is 1. The van der Waals surface area contributed by atoms with E-state index in [-0.39, 0.29) is 16.9 Å². The molecular formula is C10H12F2N2O2. The summed E-state index contributed by atoms with van der Waals surface area (Å²) in [6.07, 6.45) is 0. The lowest BCUT2D eigenvalue weighted by atomic mass is 10.1. The highest BCUT2D eigenvalue weighted by atomic mass is 19.3. The Morgan fingerprint density at radius 3 is 2.56 bits per heavy atom. The zero-order valence-electron chi connectivity index (χ0n) is 9.17. The maximum absolute atomic E-state index is 13.1. The van der Waals surface area contributed by atoms with E-state index in [0.717, 1.165) is 6.92 Å². The molecule has 1 heterocycles. The number of halogens is 2. The van der Waals surface area contributed by atoms with E-state index in [1.54, 1.807) is 0 Å². The lowest BCUT2D eigenvalue weighted by molar-refractivity contribution is 0.0121. The molecule has 6 heteroatoms. The third-order valence-electron chi connectivity index (χ3n) is 2.06. The van der Waals surface area contributed by atoms with Gasteiger partial charge in [-0.3, -0.25) is 0 Å². The Balaban J connectivity index is 3.33. The normalized spacial score (nSPS) is 11.3. The van der Waals surface area contributed by atoms with E-state index in [2.05, 4.69) is 9.72 Å². The molecule has 0 unspecified atom stereocenters. The van der Waals surface area contributed by atoms with Crippen LogP contribution in [0.15, 0.2) is 6.07 Å². The van der Waals surface area contributed by atoms with Gasteiger partial charge in [0.1, 0.15) is 17.1 Å². The number of aromatic nitrogens is 1. The van der Waals surface area contributed by atoms with Gasteiger partial charge < -0.3 is 10.5 Å². The number of rotatable bonds is 2. The van der Waals surface area contributed by atoms with Crippen molar-refractivity contribution in [2.45, 2.75) is 19.8 Å². The van der Waals surface area contributed by atoms with E-state index in [1.165, 1.54) is 20.1 Å². The smallest absolute Gasteiger partial charge is 0.341 e. The van der Waals surface area contributed by atoms with Crippen molar-refractivity contribution in [3.63, 3.8) is 0 Å². The molecule has 0 saturated carbocycles. The van der Waals surface area contributed by atoms with E-state index in [1.807, 2.05) is 0 Å². The number of esters is 1. The van der Waals surface area contributed by atoms with Gasteiger partial charge in [0.25, 0.3) is 5.92 Å². The summed E-state index contributed by atoms with van der Waals surface area (Å²) >= 11 is 0. The van der Waals surface area contributed by atoms with E-state index < -0.39 is 17.6 Å². The molecule has 0 amide bonds. The zero-order valence-corrected chi connectivity index (χ0v) is 9.17. The number of pyridine rings is 1. The van der Waals surface area contributed by atoms with Gasteiger partial charge in [-0.15, -0.1) is 0 Å². The van der Waals surface area contributed by atoms with Gasteiger partial charge in [0.2, 0.25) is 0 Å². The molecule has 0 fully saturated rings. The summed E-state index contributed by atoms with van der Waals surface area (Å²) in [6.45, 7) is 2.16. The first-order chi connectivity index (χ1) is 7.27. The summed E-state index contributed by atoms with van der Waals surface area (Å²) in [5.74, 6) is -4.04. The van der Waals surface area contributed by atoms with Crippen LogP contribution in [0, 0.1) is 6.92 Å². The molecule has 0 aliphatic carbocycles. The second-order valence-electron chi connectivity index (χ2n) is 3.47. The lowest BCUT2D eigenvalue weighted by Crippen LogP contribution is -2.16. The quantitative estimate of drug-likeness (QED) is 0.787. The first-order valence-corrected chi connectivity index (χ1v) is 4.51. The largest absolute Gasteiger partial charge is 0.465 e. The fourth-order valence-corrected chi connectivity index (χ4v) is 1.35. The Labute approximate surface area is 91.4 Å². The highest BCUT2D eigenvalue weighted by Gasteiger charge is 2.30. The van der Waals surface area contributed by atoms with Crippen LogP contribution in [0.3, 0.4) is 0 Å². The van der Waals surface area contributed by atoms with Gasteiger partial charge >= 0.3 is 5.97 Å². The van der Waals surface area contributed by atoms with Crippen LogP contribution in [0.5, 0.6) is 0 Å². The number of aryl methyl sites for hydroxylation is 1. The molecule has 0 atom stereocenters. The zero-order chi connectivity index (χ0) is 12.5. The van der Waals surface area contributed by atoms with Crippen LogP contribution >= 0.6 is 0 Å². The maximum Gasteiger partial charge on any atom is 0.341 e. The Morgan fingerprint density at radius 1 is 1.56 bits per heavy atom. The van der Waals surface area contributed by atoms with E-state index >= 15 is 0 Å². The van der Waals surface area contributed by atoms with Gasteiger partial charge in [0.05, 0.1) is 7.11 Å². The monoisotopic (exact) mass is 230 g/mol. The second kappa shape index (κ2) is 4.03. The van der Waals surface area contributed by atoms with Crippen molar-refractivity contribution in [3.05, 3.63) is 22.9 Å². The molecule has 0 saturated heterocycles. The average molecular weight is 230 g/mol. The van der Waals surface area contributed by atoms with Crippen LogP contribution in [0.2, 0.25) is 0 Å². The van der Waals surface area contributed by atoms with Crippen LogP contribution in [0.25, 0.3) is 0 Å². The van der Waals surface area contributed by atoms with Crippen LogP contribution in [0.1, 0.15) is 28.5 Å². The maximum atomic E-state index is 13.1. The number of alkyl halides is 2. The van der Waals surface area contributed by atoms with Gasteiger partial charge in [-0.05, 0) is 18.6 Å². The van der Waals surface area contributed by atoms with Crippen molar-refractivity contribution >= 4 is 11.8 Å². The second-order valence-corrected chi connectivity index (χ2v) is 3.47. The third-order valence-corrected chi connectivity index (χ3v) is 2.06. The van der Waals surface area contributed by atoms with Crippen LogP contribution in [-0.4, -0.2) is 18.1 Å². The Morgan fingerprint density at radius 2 is 2.12 bits per heavy atom. The highest BCUT2D eigenvalue weighted by Crippen LogP contribution is 2.29. The summed E-state index contributed by atoms with van der Waals surface area (Å²) in [5.41, 5.74) is 5.18. The number of anilines is 1. The number of nitrogens with zero attached hydrogens (tertiary/aromatic N) is 1. The summed E-state index contributed by atoms with van der Waals surface area (Å²) in [6, 6.07) is 1.25. The molecule has 0 spiro atoms. The molecule has 0 bridgehead atoms. The number of methoxy groups -OCH3 is 1. The standard InChI is InChI=1S/C10H12F2N2O2/c1-5-4-6(9(15)16-3)8(13)14-7(5)10(2,11)12/h4H,1-3H3,(H2,13,14). The fourth-order valence-electron chi connectivity index (χ4n) is 1.35. The molecule has 88 valence electrons. The highest BCUT2D eigenvalue weighted by molar-refractivity contribution is 5.94. The number of hydrogen-bond acceptors (Lipinski definition) is 4. The van der Waals surface area contributed by atoms with Gasteiger partial charge in [-0.25, -0.2) is 9.78 Å². The van der Waals surface area contributed by atoms with Crippen molar-refractivity contribution in [2.75, 3.05) is 12.8 Å². The first kappa shape index (κ1) is 12.4. The van der Waals surface area contributed by atoms with Crippen molar-refractivity contribution in [3.8, 4) is 0 Å². The van der Waals surface area contributed by atoms with Gasteiger partial charge in [0.15, 0.2) is 0 Å². The summed E-state index contributed by atoms with van der Waals surface area (Å²) < 4.78 is 30.6. The van der Waals surface area contributed by atoms with Crippen molar-refractivity contribution in [1.29, 1.82) is 0 Å². The predicted octanol–water partition coefficient (Wildman–Crippen LogP) is 1.87. The van der Waals surface area contributed by atoms with E-state index in [0.29, 0.717) is 0 Å². The van der Waals surface area contributed by atoms with E-state index in [9.17, 15) is 13.6 Å². The van der Waals surface area contributed by atoms with Gasteiger partial charge in [0, 0.05) is 6.92 Å². The van der Waals surface area contributed by atoms with Gasteiger partial charge in [-0.2, -0.15) is 8.78 Å². The minimum absolute atomic E-state index is 0.00648. The number of ether oxygens (including phenoxy) is 1. The van der Waals surface area contributed by atoms with Crippen LogP contribution < -0.4 is 5.73 Å². The molecular weight excluding hydrogens is 218 g/mol. The Bertz CT molecular complexity index is 428. The minimum Gasteiger partial charge on any atom is -0.465 e. The molecule has 1 aromatic rings. The topological polar surface area (TPSA) is 65.2 Å². The molecule has 1 aromatic heterocycles. The summed E-state index contributed by atoms with van der Waals surface area (Å²) in [4.78, 5) is 14.8. The summed E-state index contributed by atoms with van der Waals surface area (Å²) in [5, 5.41) is 0. The number of hydrogen-bond donors (Lipinski definition) is 1. The van der Waals surface area contributed by atoms with Crippen molar-refractivity contribution < 1.29 is 18.3 Å². The molecule has 0 aliphatic rings. The van der Waals surface area contributed by atoms with Crippen molar-refractivity contribution in [1.82, 2.24) is 4.98 Å². The van der Waals surface area contributed by atoms with E-state index in [4.69, 9.17) is 5.73 Å². The Hall–Kier alpha value is -1.72. The minimum atomic E-state index is -3.09. The molecule has 0 aromatic carbocycles. The Kier molecular flexibility index (Phi) is 3.11. The number of carbonyl (C=O) groups is 1. The molecule has 0 radical (unpaired) electrons. The van der Waals surface area contributed by atoms with Gasteiger partial charge in [-0.1, -0.05) is 0 Å². The molecule has 0 aliphatic heterocycles. The molecule has 2 N–H and O–H groups in total. The lowest BCUT2D eigenvalue weighted by Gasteiger charge is -2.14.